The second-order valence-electron chi connectivity index (χ2n) is 8.58. The molecule has 1 spiro atoms. The number of piperidine rings is 1. The number of hydrogen-bond donors (Lipinski definition) is 2. The van der Waals surface area contributed by atoms with E-state index in [1.165, 1.54) is 27.5 Å². The molecule has 3 aromatic carbocycles. The smallest absolute Gasteiger partial charge is 0.0830 e. The first-order valence-electron chi connectivity index (χ1n) is 10.3. The van der Waals surface area contributed by atoms with E-state index < -0.39 is 6.10 Å². The molecule has 144 valence electrons. The van der Waals surface area contributed by atoms with Gasteiger partial charge in [-0.15, -0.1) is 0 Å². The number of rotatable bonds is 2. The summed E-state index contributed by atoms with van der Waals surface area (Å²) in [4.78, 5) is 2.53. The van der Waals surface area contributed by atoms with Gasteiger partial charge in [-0.05, 0) is 65.9 Å². The van der Waals surface area contributed by atoms with E-state index in [0.29, 0.717) is 0 Å². The van der Waals surface area contributed by atoms with E-state index in [-0.39, 0.29) is 11.5 Å². The molecule has 5 rings (SSSR count). The number of nitrogens with two attached hydrogens (primary N) is 1. The zero-order valence-electron chi connectivity index (χ0n) is 16.4. The fourth-order valence-electron chi connectivity index (χ4n) is 5.50. The molecule has 1 aliphatic heterocycles. The molecule has 1 aliphatic carbocycles. The second-order valence-corrected chi connectivity index (χ2v) is 8.58. The van der Waals surface area contributed by atoms with Crippen LogP contribution in [0.4, 0.5) is 0 Å². The molecule has 28 heavy (non-hydrogen) atoms. The molecule has 0 saturated carbocycles. The maximum absolute atomic E-state index is 11.0. The molecule has 3 nitrogen and oxygen atoms in total. The van der Waals surface area contributed by atoms with Crippen LogP contribution in [-0.2, 0) is 12.0 Å². The maximum atomic E-state index is 11.0. The Morgan fingerprint density at radius 1 is 0.964 bits per heavy atom. The lowest BCUT2D eigenvalue weighted by atomic mass is 9.72. The molecule has 0 amide bonds. The van der Waals surface area contributed by atoms with Crippen LogP contribution < -0.4 is 5.73 Å². The molecule has 2 aliphatic rings. The summed E-state index contributed by atoms with van der Waals surface area (Å²) in [7, 11) is 0. The predicted molar refractivity (Wildman–Crippen MR) is 114 cm³/mol. The Bertz CT molecular complexity index is 1020. The average molecular weight is 373 g/mol. The Balaban J connectivity index is 1.39. The number of fused-ring (bicyclic) bond motifs is 3. The van der Waals surface area contributed by atoms with Gasteiger partial charge in [0.15, 0.2) is 0 Å². The van der Waals surface area contributed by atoms with Crippen molar-refractivity contribution in [3.63, 3.8) is 0 Å². The summed E-state index contributed by atoms with van der Waals surface area (Å²) in [5.41, 5.74) is 11.3. The van der Waals surface area contributed by atoms with Crippen LogP contribution in [0, 0.1) is 6.92 Å². The standard InChI is InChI=1S/C25H28N2O/c1-17-6-4-10-20-18(7-5-9-19(17)20)16-27-14-12-25(13-15-27)22-11-3-2-8-21(22)23(26)24(25)28/h2-11,23-24,28H,12-16,26H2,1H3/t23-,24+/m1/s1. The first-order valence-corrected chi connectivity index (χ1v) is 10.3. The van der Waals surface area contributed by atoms with E-state index in [4.69, 9.17) is 5.73 Å². The van der Waals surface area contributed by atoms with Crippen LogP contribution in [-0.4, -0.2) is 29.2 Å². The van der Waals surface area contributed by atoms with Crippen molar-refractivity contribution in [2.75, 3.05) is 13.1 Å². The fraction of sp³-hybridized carbons (Fsp3) is 0.360. The third-order valence-corrected chi connectivity index (χ3v) is 7.14. The zero-order valence-corrected chi connectivity index (χ0v) is 16.4. The Morgan fingerprint density at radius 3 is 2.50 bits per heavy atom. The minimum atomic E-state index is -0.479. The molecule has 1 fully saturated rings. The number of nitrogens with zero attached hydrogens (tertiary/aromatic N) is 1. The monoisotopic (exact) mass is 372 g/mol. The van der Waals surface area contributed by atoms with Crippen LogP contribution in [0.25, 0.3) is 10.8 Å². The topological polar surface area (TPSA) is 49.5 Å². The van der Waals surface area contributed by atoms with Gasteiger partial charge in [-0.3, -0.25) is 4.90 Å². The van der Waals surface area contributed by atoms with Crippen molar-refractivity contribution in [1.82, 2.24) is 4.90 Å². The molecule has 0 bridgehead atoms. The molecule has 1 saturated heterocycles. The number of likely N-dealkylation sites (tertiary alicyclic amines) is 1. The first kappa shape index (κ1) is 17.9. The molecule has 1 heterocycles. The third kappa shape index (κ3) is 2.61. The minimum absolute atomic E-state index is 0.179. The molecular formula is C25H28N2O. The maximum Gasteiger partial charge on any atom is 0.0830 e. The Morgan fingerprint density at radius 2 is 1.68 bits per heavy atom. The second kappa shape index (κ2) is 6.70. The SMILES string of the molecule is Cc1cccc2c(CN3CCC4(CC3)c3ccccc3[C@@H](N)[C@@H]4O)cccc12. The molecule has 2 atom stereocenters. The fourth-order valence-corrected chi connectivity index (χ4v) is 5.50. The Hall–Kier alpha value is -2.20. The lowest BCUT2D eigenvalue weighted by Gasteiger charge is -2.42. The zero-order chi connectivity index (χ0) is 19.3. The summed E-state index contributed by atoms with van der Waals surface area (Å²) in [5.74, 6) is 0. The Kier molecular flexibility index (Phi) is 4.27. The van der Waals surface area contributed by atoms with Crippen molar-refractivity contribution in [2.45, 2.75) is 43.9 Å². The third-order valence-electron chi connectivity index (χ3n) is 7.14. The number of hydrogen-bond acceptors (Lipinski definition) is 3. The predicted octanol–water partition coefficient (Wildman–Crippen LogP) is 4.06. The summed E-state index contributed by atoms with van der Waals surface area (Å²) in [6, 6.07) is 21.3. The number of aryl methyl sites for hydroxylation is 1. The van der Waals surface area contributed by atoms with Crippen molar-refractivity contribution in [3.8, 4) is 0 Å². The summed E-state index contributed by atoms with van der Waals surface area (Å²) in [6.45, 7) is 5.11. The van der Waals surface area contributed by atoms with Gasteiger partial charge in [-0.2, -0.15) is 0 Å². The summed E-state index contributed by atoms with van der Waals surface area (Å²) >= 11 is 0. The van der Waals surface area contributed by atoms with Gasteiger partial charge in [0.05, 0.1) is 12.1 Å². The largest absolute Gasteiger partial charge is 0.390 e. The van der Waals surface area contributed by atoms with E-state index in [1.807, 2.05) is 6.07 Å². The van der Waals surface area contributed by atoms with Crippen LogP contribution in [0.2, 0.25) is 0 Å². The van der Waals surface area contributed by atoms with E-state index in [0.717, 1.165) is 38.0 Å². The van der Waals surface area contributed by atoms with Gasteiger partial charge >= 0.3 is 0 Å². The molecule has 0 unspecified atom stereocenters. The quantitative estimate of drug-likeness (QED) is 0.713. The number of benzene rings is 3. The van der Waals surface area contributed by atoms with Gasteiger partial charge in [0, 0.05) is 12.0 Å². The number of aliphatic hydroxyl groups excluding tert-OH is 1. The van der Waals surface area contributed by atoms with Crippen molar-refractivity contribution in [1.29, 1.82) is 0 Å². The highest BCUT2D eigenvalue weighted by Gasteiger charge is 2.51. The van der Waals surface area contributed by atoms with Crippen molar-refractivity contribution in [3.05, 3.63) is 82.9 Å². The van der Waals surface area contributed by atoms with E-state index in [9.17, 15) is 5.11 Å². The van der Waals surface area contributed by atoms with Gasteiger partial charge in [-0.1, -0.05) is 60.7 Å². The van der Waals surface area contributed by atoms with Gasteiger partial charge < -0.3 is 10.8 Å². The van der Waals surface area contributed by atoms with E-state index in [1.54, 1.807) is 0 Å². The summed E-state index contributed by atoms with van der Waals surface area (Å²) < 4.78 is 0. The molecule has 3 aromatic rings. The molecule has 3 heteroatoms. The highest BCUT2D eigenvalue weighted by Crippen LogP contribution is 2.50. The molecule has 3 N–H and O–H groups in total. The van der Waals surface area contributed by atoms with E-state index >= 15 is 0 Å². The van der Waals surface area contributed by atoms with Crippen LogP contribution in [0.3, 0.4) is 0 Å². The molecule has 0 radical (unpaired) electrons. The summed E-state index contributed by atoms with van der Waals surface area (Å²) in [6.07, 6.45) is 1.44. The highest BCUT2D eigenvalue weighted by atomic mass is 16.3. The lowest BCUT2D eigenvalue weighted by molar-refractivity contribution is 0.0272. The van der Waals surface area contributed by atoms with Crippen molar-refractivity contribution >= 4 is 10.8 Å². The van der Waals surface area contributed by atoms with Gasteiger partial charge in [0.25, 0.3) is 0 Å². The Labute approximate surface area is 166 Å². The van der Waals surface area contributed by atoms with Gasteiger partial charge in [0.2, 0.25) is 0 Å². The van der Waals surface area contributed by atoms with Crippen molar-refractivity contribution in [2.24, 2.45) is 5.73 Å². The van der Waals surface area contributed by atoms with E-state index in [2.05, 4.69) is 66.4 Å². The molecular weight excluding hydrogens is 344 g/mol. The van der Waals surface area contributed by atoms with Crippen molar-refractivity contribution < 1.29 is 5.11 Å². The highest BCUT2D eigenvalue weighted by molar-refractivity contribution is 5.88. The molecule has 0 aromatic heterocycles. The first-order chi connectivity index (χ1) is 13.6. The normalized spacial score (nSPS) is 24.0. The van der Waals surface area contributed by atoms with Crippen LogP contribution >= 0.6 is 0 Å². The van der Waals surface area contributed by atoms with Crippen LogP contribution in [0.1, 0.15) is 41.1 Å². The summed E-state index contributed by atoms with van der Waals surface area (Å²) in [5, 5.41) is 13.7. The average Bonchev–Trinajstić information content (AvgIpc) is 2.93. The lowest BCUT2D eigenvalue weighted by Crippen LogP contribution is -2.48. The van der Waals surface area contributed by atoms with Gasteiger partial charge in [-0.25, -0.2) is 0 Å². The number of aliphatic hydroxyl groups is 1. The van der Waals surface area contributed by atoms with Gasteiger partial charge in [0.1, 0.15) is 0 Å². The van der Waals surface area contributed by atoms with Crippen LogP contribution in [0.5, 0.6) is 0 Å². The van der Waals surface area contributed by atoms with Crippen LogP contribution in [0.15, 0.2) is 60.7 Å². The minimum Gasteiger partial charge on any atom is -0.390 e.